The fraction of sp³-hybridized carbons (Fsp3) is 0.538. The van der Waals surface area contributed by atoms with Crippen molar-refractivity contribution in [1.29, 1.82) is 0 Å². The third-order valence-corrected chi connectivity index (χ3v) is 6.05. The zero-order valence-corrected chi connectivity index (χ0v) is 19.7. The Labute approximate surface area is 195 Å². The van der Waals surface area contributed by atoms with Crippen molar-refractivity contribution in [3.63, 3.8) is 0 Å². The van der Waals surface area contributed by atoms with E-state index in [-0.39, 0.29) is 36.6 Å². The summed E-state index contributed by atoms with van der Waals surface area (Å²) in [7, 11) is 0. The molecule has 0 aliphatic heterocycles. The molecule has 7 heteroatoms. The van der Waals surface area contributed by atoms with Gasteiger partial charge < -0.3 is 19.0 Å². The molecule has 2 aromatic rings. The van der Waals surface area contributed by atoms with Gasteiger partial charge in [-0.05, 0) is 62.9 Å². The number of rotatable bonds is 12. The summed E-state index contributed by atoms with van der Waals surface area (Å²) in [5, 5.41) is 0. The van der Waals surface area contributed by atoms with Crippen molar-refractivity contribution >= 4 is 11.8 Å². The zero-order valence-electron chi connectivity index (χ0n) is 19.7. The molecule has 1 aliphatic rings. The van der Waals surface area contributed by atoms with Crippen LogP contribution in [0.1, 0.15) is 56.1 Å². The summed E-state index contributed by atoms with van der Waals surface area (Å²) in [6, 6.07) is 9.83. The van der Waals surface area contributed by atoms with Gasteiger partial charge in [-0.3, -0.25) is 9.59 Å². The lowest BCUT2D eigenvalue weighted by Gasteiger charge is -2.29. The Morgan fingerprint density at radius 2 is 1.79 bits per heavy atom. The normalized spacial score (nSPS) is 13.9. The topological polar surface area (TPSA) is 63.0 Å². The van der Waals surface area contributed by atoms with Crippen LogP contribution in [0.15, 0.2) is 40.8 Å². The predicted octanol–water partition coefficient (Wildman–Crippen LogP) is 4.70. The summed E-state index contributed by atoms with van der Waals surface area (Å²) in [6.07, 6.45) is 4.59. The Morgan fingerprint density at radius 1 is 1.06 bits per heavy atom. The molecule has 1 aliphatic carbocycles. The van der Waals surface area contributed by atoms with E-state index in [0.717, 1.165) is 37.0 Å². The molecule has 1 aromatic carbocycles. The maximum absolute atomic E-state index is 13.4. The summed E-state index contributed by atoms with van der Waals surface area (Å²) in [6.45, 7) is 6.09. The van der Waals surface area contributed by atoms with Gasteiger partial charge in [-0.15, -0.1) is 0 Å². The molecule has 1 aromatic heterocycles. The quantitative estimate of drug-likeness (QED) is 0.433. The van der Waals surface area contributed by atoms with Crippen molar-refractivity contribution in [2.24, 2.45) is 5.92 Å². The Morgan fingerprint density at radius 3 is 2.42 bits per heavy atom. The predicted molar refractivity (Wildman–Crippen MR) is 124 cm³/mol. The molecule has 33 heavy (non-hydrogen) atoms. The van der Waals surface area contributed by atoms with Gasteiger partial charge in [0.25, 0.3) is 0 Å². The molecule has 0 N–H and O–H groups in total. The van der Waals surface area contributed by atoms with E-state index in [1.807, 2.05) is 26.0 Å². The van der Waals surface area contributed by atoms with E-state index >= 15 is 0 Å². The van der Waals surface area contributed by atoms with Gasteiger partial charge >= 0.3 is 0 Å². The van der Waals surface area contributed by atoms with E-state index in [1.165, 1.54) is 12.1 Å². The largest absolute Gasteiger partial charge is 0.464 e. The average molecular weight is 459 g/mol. The molecule has 1 fully saturated rings. The van der Waals surface area contributed by atoms with Gasteiger partial charge in [0.05, 0.1) is 13.1 Å². The van der Waals surface area contributed by atoms with E-state index in [0.29, 0.717) is 38.5 Å². The minimum Gasteiger partial charge on any atom is -0.464 e. The Balaban J connectivity index is 1.73. The highest BCUT2D eigenvalue weighted by molar-refractivity contribution is 5.86. The zero-order chi connectivity index (χ0) is 23.6. The minimum absolute atomic E-state index is 0.00293. The van der Waals surface area contributed by atoms with Gasteiger partial charge in [-0.25, -0.2) is 4.39 Å². The fourth-order valence-corrected chi connectivity index (χ4v) is 4.26. The number of carbonyl (C=O) groups is 2. The molecular weight excluding hydrogens is 423 g/mol. The van der Waals surface area contributed by atoms with Gasteiger partial charge in [-0.1, -0.05) is 25.0 Å². The smallest absolute Gasteiger partial charge is 0.242 e. The second-order valence-corrected chi connectivity index (χ2v) is 8.68. The molecule has 0 unspecified atom stereocenters. The molecule has 0 saturated heterocycles. The maximum atomic E-state index is 13.4. The highest BCUT2D eigenvalue weighted by Gasteiger charge is 2.29. The van der Waals surface area contributed by atoms with Crippen molar-refractivity contribution in [3.05, 3.63) is 59.3 Å². The molecule has 0 bridgehead atoms. The van der Waals surface area contributed by atoms with Gasteiger partial charge in [-0.2, -0.15) is 0 Å². The molecular formula is C26H35FN2O4. The van der Waals surface area contributed by atoms with E-state index in [2.05, 4.69) is 0 Å². The number of amides is 2. The maximum Gasteiger partial charge on any atom is 0.242 e. The molecule has 1 saturated carbocycles. The van der Waals surface area contributed by atoms with Crippen LogP contribution in [0.5, 0.6) is 0 Å². The van der Waals surface area contributed by atoms with Crippen LogP contribution in [0.4, 0.5) is 4.39 Å². The fourth-order valence-electron chi connectivity index (χ4n) is 4.26. The van der Waals surface area contributed by atoms with E-state index < -0.39 is 0 Å². The average Bonchev–Trinajstić information content (AvgIpc) is 3.48. The number of benzene rings is 1. The van der Waals surface area contributed by atoms with Crippen LogP contribution in [-0.4, -0.2) is 47.9 Å². The number of ether oxygens (including phenoxy) is 1. The van der Waals surface area contributed by atoms with Crippen LogP contribution in [0, 0.1) is 18.7 Å². The molecule has 0 atom stereocenters. The molecule has 0 spiro atoms. The number of halogens is 1. The lowest BCUT2D eigenvalue weighted by molar-refractivity contribution is -0.143. The van der Waals surface area contributed by atoms with Crippen LogP contribution in [-0.2, 0) is 27.4 Å². The number of nitrogens with zero attached hydrogens (tertiary/aromatic N) is 2. The van der Waals surface area contributed by atoms with Crippen molar-refractivity contribution in [2.75, 3.05) is 26.3 Å². The van der Waals surface area contributed by atoms with E-state index in [4.69, 9.17) is 9.15 Å². The summed E-state index contributed by atoms with van der Waals surface area (Å²) in [5.74, 6) is 1.04. The van der Waals surface area contributed by atoms with Crippen molar-refractivity contribution in [2.45, 2.75) is 59.0 Å². The van der Waals surface area contributed by atoms with Crippen LogP contribution >= 0.6 is 0 Å². The van der Waals surface area contributed by atoms with Crippen LogP contribution < -0.4 is 0 Å². The lowest BCUT2D eigenvalue weighted by Crippen LogP contribution is -2.44. The molecule has 3 rings (SSSR count). The van der Waals surface area contributed by atoms with Gasteiger partial charge in [0.2, 0.25) is 11.8 Å². The Bertz CT molecular complexity index is 890. The Kier molecular flexibility index (Phi) is 9.48. The second-order valence-electron chi connectivity index (χ2n) is 8.68. The first-order valence-corrected chi connectivity index (χ1v) is 11.9. The summed E-state index contributed by atoms with van der Waals surface area (Å²) in [5.41, 5.74) is 0.818. The molecule has 2 amide bonds. The van der Waals surface area contributed by atoms with Crippen molar-refractivity contribution in [1.82, 2.24) is 9.80 Å². The summed E-state index contributed by atoms with van der Waals surface area (Å²) < 4.78 is 24.5. The highest BCUT2D eigenvalue weighted by Crippen LogP contribution is 2.27. The minimum atomic E-state index is -0.319. The summed E-state index contributed by atoms with van der Waals surface area (Å²) >= 11 is 0. The highest BCUT2D eigenvalue weighted by atomic mass is 19.1. The van der Waals surface area contributed by atoms with Crippen LogP contribution in [0.3, 0.4) is 0 Å². The first-order valence-electron chi connectivity index (χ1n) is 11.9. The lowest BCUT2D eigenvalue weighted by atomic mass is 10.1. The van der Waals surface area contributed by atoms with Gasteiger partial charge in [0.1, 0.15) is 17.3 Å². The third-order valence-electron chi connectivity index (χ3n) is 6.05. The molecule has 180 valence electrons. The van der Waals surface area contributed by atoms with Crippen LogP contribution in [0.2, 0.25) is 0 Å². The molecule has 1 heterocycles. The van der Waals surface area contributed by atoms with Crippen molar-refractivity contribution < 1.29 is 23.1 Å². The Hall–Kier alpha value is -2.67. The number of carbonyl (C=O) groups excluding carboxylic acids is 2. The van der Waals surface area contributed by atoms with E-state index in [1.54, 1.807) is 21.9 Å². The van der Waals surface area contributed by atoms with Gasteiger partial charge in [0.15, 0.2) is 0 Å². The molecule has 0 radical (unpaired) electrons. The number of aryl methyl sites for hydroxylation is 1. The van der Waals surface area contributed by atoms with Crippen LogP contribution in [0.25, 0.3) is 0 Å². The third kappa shape index (κ3) is 7.70. The number of hydrogen-bond acceptors (Lipinski definition) is 4. The number of furan rings is 1. The SMILES string of the molecule is CCOCCCN(CC(=O)N(Cc1ccc(F)cc1)Cc1ccc(C)o1)C(=O)C1CCCC1. The monoisotopic (exact) mass is 458 g/mol. The van der Waals surface area contributed by atoms with Gasteiger partial charge in [0, 0.05) is 32.2 Å². The first kappa shape index (κ1) is 25.0. The van der Waals surface area contributed by atoms with Crippen molar-refractivity contribution in [3.8, 4) is 0 Å². The van der Waals surface area contributed by atoms with E-state index in [9.17, 15) is 14.0 Å². The summed E-state index contributed by atoms with van der Waals surface area (Å²) in [4.78, 5) is 30.0. The second kappa shape index (κ2) is 12.5. The standard InChI is InChI=1S/C26H35FN2O4/c1-3-32-16-6-15-28(26(31)22-7-4-5-8-22)19-25(30)29(18-24-14-9-20(2)33-24)17-21-10-12-23(27)13-11-21/h9-14,22H,3-8,15-19H2,1-2H3. The first-order chi connectivity index (χ1) is 16.0. The molecule has 6 nitrogen and oxygen atoms in total. The number of hydrogen-bond donors (Lipinski definition) is 0.